The predicted molar refractivity (Wildman–Crippen MR) is 75.9 cm³/mol. The molecule has 0 bridgehead atoms. The van der Waals surface area contributed by atoms with Gasteiger partial charge >= 0.3 is 0 Å². The summed E-state index contributed by atoms with van der Waals surface area (Å²) in [5.74, 6) is 1.13. The molecular weight excluding hydrogens is 224 g/mol. The Kier molecular flexibility index (Phi) is 4.64. The number of rotatable bonds is 5. The van der Waals surface area contributed by atoms with E-state index < -0.39 is 0 Å². The van der Waals surface area contributed by atoms with Crippen LogP contribution < -0.4 is 10.6 Å². The van der Waals surface area contributed by atoms with Gasteiger partial charge in [0, 0.05) is 31.9 Å². The van der Waals surface area contributed by atoms with E-state index in [1.165, 1.54) is 25.0 Å². The Hall–Kier alpha value is -1.03. The van der Waals surface area contributed by atoms with E-state index in [1.54, 1.807) is 0 Å². The standard InChI is InChI=1S/C14H26N4/c1-3-5-8-18-11-13(4-2)16-14(18)17-9-6-7-12(15)10-17/h11-12H,3-10,15H2,1-2H3/t12-/m1/s1. The van der Waals surface area contributed by atoms with Crippen molar-refractivity contribution < 1.29 is 0 Å². The molecule has 1 saturated heterocycles. The van der Waals surface area contributed by atoms with Crippen molar-refractivity contribution in [1.82, 2.24) is 9.55 Å². The van der Waals surface area contributed by atoms with Crippen LogP contribution in [0.15, 0.2) is 6.20 Å². The van der Waals surface area contributed by atoms with Crippen LogP contribution in [0.1, 0.15) is 45.2 Å². The quantitative estimate of drug-likeness (QED) is 0.871. The van der Waals surface area contributed by atoms with E-state index in [2.05, 4.69) is 29.5 Å². The lowest BCUT2D eigenvalue weighted by Gasteiger charge is -2.31. The Morgan fingerprint density at radius 3 is 2.94 bits per heavy atom. The number of piperidine rings is 1. The van der Waals surface area contributed by atoms with Gasteiger partial charge in [-0.15, -0.1) is 0 Å². The van der Waals surface area contributed by atoms with Gasteiger partial charge in [-0.05, 0) is 25.7 Å². The fourth-order valence-corrected chi connectivity index (χ4v) is 2.57. The molecule has 0 radical (unpaired) electrons. The third-order valence-corrected chi connectivity index (χ3v) is 3.66. The first-order valence-corrected chi connectivity index (χ1v) is 7.31. The first-order chi connectivity index (χ1) is 8.74. The molecule has 2 rings (SSSR count). The molecule has 2 N–H and O–H groups in total. The summed E-state index contributed by atoms with van der Waals surface area (Å²) in [4.78, 5) is 7.14. The molecule has 0 aromatic carbocycles. The van der Waals surface area contributed by atoms with E-state index in [0.717, 1.165) is 38.4 Å². The van der Waals surface area contributed by atoms with Gasteiger partial charge < -0.3 is 15.2 Å². The third kappa shape index (κ3) is 3.05. The van der Waals surface area contributed by atoms with E-state index in [0.29, 0.717) is 6.04 Å². The minimum Gasteiger partial charge on any atom is -0.341 e. The van der Waals surface area contributed by atoms with Crippen LogP contribution in [0.25, 0.3) is 0 Å². The molecule has 2 heterocycles. The van der Waals surface area contributed by atoms with Gasteiger partial charge in [0.1, 0.15) is 0 Å². The number of hydrogen-bond donors (Lipinski definition) is 1. The van der Waals surface area contributed by atoms with Gasteiger partial charge in [0.25, 0.3) is 0 Å². The Labute approximate surface area is 110 Å². The summed E-state index contributed by atoms with van der Waals surface area (Å²) in [6, 6.07) is 0.306. The lowest BCUT2D eigenvalue weighted by Crippen LogP contribution is -2.44. The summed E-state index contributed by atoms with van der Waals surface area (Å²) in [5.41, 5.74) is 7.27. The number of unbranched alkanes of at least 4 members (excludes halogenated alkanes) is 1. The molecule has 0 aliphatic carbocycles. The number of hydrogen-bond acceptors (Lipinski definition) is 3. The average molecular weight is 250 g/mol. The summed E-state index contributed by atoms with van der Waals surface area (Å²) >= 11 is 0. The molecule has 1 aromatic heterocycles. The molecule has 4 nitrogen and oxygen atoms in total. The molecule has 4 heteroatoms. The third-order valence-electron chi connectivity index (χ3n) is 3.66. The van der Waals surface area contributed by atoms with Crippen molar-refractivity contribution in [2.75, 3.05) is 18.0 Å². The summed E-state index contributed by atoms with van der Waals surface area (Å²) in [7, 11) is 0. The van der Waals surface area contributed by atoms with Gasteiger partial charge in [-0.2, -0.15) is 0 Å². The number of aryl methyl sites for hydroxylation is 2. The van der Waals surface area contributed by atoms with Crippen molar-refractivity contribution in [3.63, 3.8) is 0 Å². The van der Waals surface area contributed by atoms with Crippen molar-refractivity contribution in [3.8, 4) is 0 Å². The molecule has 18 heavy (non-hydrogen) atoms. The smallest absolute Gasteiger partial charge is 0.205 e. The van der Waals surface area contributed by atoms with Crippen molar-refractivity contribution in [3.05, 3.63) is 11.9 Å². The van der Waals surface area contributed by atoms with E-state index >= 15 is 0 Å². The maximum Gasteiger partial charge on any atom is 0.205 e. The molecule has 0 saturated carbocycles. The maximum absolute atomic E-state index is 6.07. The molecule has 0 unspecified atom stereocenters. The van der Waals surface area contributed by atoms with Crippen LogP contribution in [0, 0.1) is 0 Å². The minimum absolute atomic E-state index is 0.306. The van der Waals surface area contributed by atoms with Gasteiger partial charge in [0.2, 0.25) is 5.95 Å². The number of aromatic nitrogens is 2. The molecule has 1 aliphatic rings. The molecule has 0 spiro atoms. The van der Waals surface area contributed by atoms with Crippen molar-refractivity contribution in [1.29, 1.82) is 0 Å². The molecule has 1 atom stereocenters. The second-order valence-corrected chi connectivity index (χ2v) is 5.28. The minimum atomic E-state index is 0.306. The second kappa shape index (κ2) is 6.23. The highest BCUT2D eigenvalue weighted by Gasteiger charge is 2.21. The molecule has 1 fully saturated rings. The lowest BCUT2D eigenvalue weighted by atomic mass is 10.1. The van der Waals surface area contributed by atoms with E-state index in [9.17, 15) is 0 Å². The van der Waals surface area contributed by atoms with Gasteiger partial charge in [0.05, 0.1) is 5.69 Å². The van der Waals surface area contributed by atoms with Crippen LogP contribution in [0.2, 0.25) is 0 Å². The Bertz CT molecular complexity index is 372. The highest BCUT2D eigenvalue weighted by molar-refractivity contribution is 5.34. The Morgan fingerprint density at radius 1 is 1.44 bits per heavy atom. The van der Waals surface area contributed by atoms with Gasteiger partial charge in [-0.3, -0.25) is 0 Å². The summed E-state index contributed by atoms with van der Waals surface area (Å²) in [6.07, 6.45) is 7.98. The van der Waals surface area contributed by atoms with Gasteiger partial charge in [-0.25, -0.2) is 4.98 Å². The van der Waals surface area contributed by atoms with E-state index in [4.69, 9.17) is 10.7 Å². The van der Waals surface area contributed by atoms with E-state index in [-0.39, 0.29) is 0 Å². The molecule has 1 aliphatic heterocycles. The van der Waals surface area contributed by atoms with Gasteiger partial charge in [0.15, 0.2) is 0 Å². The summed E-state index contributed by atoms with van der Waals surface area (Å²) in [6.45, 7) is 7.52. The Morgan fingerprint density at radius 2 is 2.28 bits per heavy atom. The highest BCUT2D eigenvalue weighted by Crippen LogP contribution is 2.20. The molecular formula is C14H26N4. The fourth-order valence-electron chi connectivity index (χ4n) is 2.57. The number of anilines is 1. The van der Waals surface area contributed by atoms with Crippen LogP contribution in [0.5, 0.6) is 0 Å². The fraction of sp³-hybridized carbons (Fsp3) is 0.786. The molecule has 1 aromatic rings. The number of imidazole rings is 1. The largest absolute Gasteiger partial charge is 0.341 e. The molecule has 0 amide bonds. The topological polar surface area (TPSA) is 47.1 Å². The van der Waals surface area contributed by atoms with Crippen molar-refractivity contribution in [2.24, 2.45) is 5.73 Å². The maximum atomic E-state index is 6.07. The first-order valence-electron chi connectivity index (χ1n) is 7.31. The zero-order valence-corrected chi connectivity index (χ0v) is 11.7. The number of nitrogens with zero attached hydrogens (tertiary/aromatic N) is 3. The van der Waals surface area contributed by atoms with Crippen LogP contribution in [0.3, 0.4) is 0 Å². The van der Waals surface area contributed by atoms with Crippen molar-refractivity contribution in [2.45, 2.75) is 58.5 Å². The number of nitrogens with two attached hydrogens (primary N) is 1. The van der Waals surface area contributed by atoms with E-state index in [1.807, 2.05) is 0 Å². The zero-order valence-electron chi connectivity index (χ0n) is 11.7. The van der Waals surface area contributed by atoms with Gasteiger partial charge in [-0.1, -0.05) is 20.3 Å². The van der Waals surface area contributed by atoms with Crippen LogP contribution >= 0.6 is 0 Å². The summed E-state index contributed by atoms with van der Waals surface area (Å²) in [5, 5.41) is 0. The zero-order chi connectivity index (χ0) is 13.0. The SMILES string of the molecule is CCCCn1cc(CC)nc1N1CCC[C@@H](N)C1. The second-order valence-electron chi connectivity index (χ2n) is 5.28. The Balaban J connectivity index is 2.15. The average Bonchev–Trinajstić information content (AvgIpc) is 2.79. The summed E-state index contributed by atoms with van der Waals surface area (Å²) < 4.78 is 2.32. The normalized spacial score (nSPS) is 20.4. The lowest BCUT2D eigenvalue weighted by molar-refractivity contribution is 0.490. The van der Waals surface area contributed by atoms with Crippen molar-refractivity contribution >= 4 is 5.95 Å². The van der Waals surface area contributed by atoms with Crippen LogP contribution in [0.4, 0.5) is 5.95 Å². The predicted octanol–water partition coefficient (Wildman–Crippen LogP) is 2.17. The molecule has 102 valence electrons. The van der Waals surface area contributed by atoms with Crippen LogP contribution in [-0.2, 0) is 13.0 Å². The monoisotopic (exact) mass is 250 g/mol. The highest BCUT2D eigenvalue weighted by atomic mass is 15.3. The van der Waals surface area contributed by atoms with Crippen LogP contribution in [-0.4, -0.2) is 28.7 Å². The first kappa shape index (κ1) is 13.4.